The molecule has 3 heterocycles. The number of aromatic nitrogens is 4. The number of aromatic amines is 1. The van der Waals surface area contributed by atoms with Crippen LogP contribution in [-0.4, -0.2) is 165 Å². The molecule has 1 aliphatic heterocycles. The molecule has 1 saturated heterocycles. The monoisotopic (exact) mass is 1170 g/mol. The third-order valence-corrected chi connectivity index (χ3v) is 14.5. The minimum atomic E-state index is -1.38. The van der Waals surface area contributed by atoms with Crippen molar-refractivity contribution in [2.75, 3.05) is 51.2 Å². The van der Waals surface area contributed by atoms with Gasteiger partial charge in [-0.3, -0.25) is 53.1 Å². The molecule has 4 aromatic rings. The second-order valence-electron chi connectivity index (χ2n) is 21.6. The van der Waals surface area contributed by atoms with Crippen LogP contribution in [0.5, 0.6) is 5.75 Å². The standard InChI is InChI=1S/C57H85N17O10/c1-7-35(4)49(66-36(5)75)54(82)68-44(12-8-9-20-58)56(84)73-23-11-22-72(24-25-73)39-16-19-42-41(29-39)55(83)74(33-65-42)31-48(77)67-43(13-10-21-63-57(59)60)51(79)71-47(28-38-30-62-32-64-38)53(81)70-46(27-37-14-17-40(76)18-15-37)52(80)69-45(26-34(2)3)50(78)61-6/h14-19,29-30,32-35,43-47,49,76H,7-13,20-28,31,58H2,1-6H3,(H,61,78)(H,62,64)(H,66,75)(H,67,77)(H,68,82)(H,69,80)(H,70,81)(H,71,79)(H4,59,60,63)/t35-,43-,44-,45-,46-,47-,49-/m0/s1. The number of carbonyl (C=O) groups is 8. The number of nitrogens with zero attached hydrogens (tertiary/aromatic N) is 5. The third-order valence-electron chi connectivity index (χ3n) is 14.5. The first-order valence-corrected chi connectivity index (χ1v) is 28.7. The first-order chi connectivity index (χ1) is 40.1. The molecule has 27 nitrogen and oxygen atoms in total. The number of hydrogen-bond donors (Lipinski definition) is 13. The minimum absolute atomic E-state index is 0.0104. The maximum absolute atomic E-state index is 14.4. The van der Waals surface area contributed by atoms with Crippen LogP contribution >= 0.6 is 0 Å². The SMILES string of the molecule is CC[C@H](C)[C@H](NC(C)=O)C(=O)N[C@@H](CCCCN)C(=O)N1CCCN(c2ccc3ncn(CC(=O)N[C@@H](CCCNC(=N)N)C(=O)N[C@@H](Cc4c[nH]cn4)C(=O)N[C@@H](Cc4ccc(O)cc4)C(=O)N[C@@H](CC(C)C)C(=O)NC)c(=O)c3c2)CC1. The number of rotatable bonds is 31. The molecule has 84 heavy (non-hydrogen) atoms. The topological polar surface area (TPSA) is 399 Å². The normalized spacial score (nSPS) is 15.0. The number of aromatic hydroxyl groups is 1. The van der Waals surface area contributed by atoms with Crippen LogP contribution in [-0.2, 0) is 57.7 Å². The lowest BCUT2D eigenvalue weighted by atomic mass is 9.97. The van der Waals surface area contributed by atoms with E-state index in [0.29, 0.717) is 93.7 Å². The number of nitrogens with two attached hydrogens (primary N) is 2. The van der Waals surface area contributed by atoms with Gasteiger partial charge in [0.2, 0.25) is 47.3 Å². The molecule has 8 amide bonds. The van der Waals surface area contributed by atoms with Crippen LogP contribution in [0.1, 0.15) is 97.2 Å². The number of unbranched alkanes of at least 4 members (excludes halogenated alkanes) is 1. The van der Waals surface area contributed by atoms with Gasteiger partial charge in [0.05, 0.1) is 29.3 Å². The summed E-state index contributed by atoms with van der Waals surface area (Å²) in [6.07, 6.45) is 7.21. The Morgan fingerprint density at radius 1 is 0.762 bits per heavy atom. The van der Waals surface area contributed by atoms with Crippen molar-refractivity contribution in [3.8, 4) is 5.75 Å². The largest absolute Gasteiger partial charge is 0.508 e. The van der Waals surface area contributed by atoms with E-state index in [9.17, 15) is 48.3 Å². The van der Waals surface area contributed by atoms with Gasteiger partial charge in [-0.2, -0.15) is 0 Å². The summed E-state index contributed by atoms with van der Waals surface area (Å²) in [5.41, 5.74) is 12.7. The van der Waals surface area contributed by atoms with Gasteiger partial charge in [0.1, 0.15) is 48.5 Å². The van der Waals surface area contributed by atoms with Crippen LogP contribution in [0.2, 0.25) is 0 Å². The molecule has 2 aromatic carbocycles. The molecule has 458 valence electrons. The van der Waals surface area contributed by atoms with Crippen LogP contribution in [0.4, 0.5) is 5.69 Å². The van der Waals surface area contributed by atoms with Gasteiger partial charge in [0.15, 0.2) is 5.96 Å². The number of nitrogens with one attached hydrogen (secondary N) is 10. The lowest BCUT2D eigenvalue weighted by molar-refractivity contribution is -0.137. The van der Waals surface area contributed by atoms with Crippen LogP contribution < -0.4 is 64.5 Å². The smallest absolute Gasteiger partial charge is 0.261 e. The molecule has 27 heteroatoms. The van der Waals surface area contributed by atoms with Crippen molar-refractivity contribution in [1.82, 2.24) is 67.0 Å². The van der Waals surface area contributed by atoms with Crippen LogP contribution in [0, 0.1) is 17.2 Å². The molecule has 1 aliphatic rings. The number of anilines is 1. The number of guanidine groups is 1. The van der Waals surface area contributed by atoms with E-state index in [0.717, 1.165) is 4.57 Å². The minimum Gasteiger partial charge on any atom is -0.508 e. The van der Waals surface area contributed by atoms with Crippen LogP contribution in [0.25, 0.3) is 10.9 Å². The average Bonchev–Trinajstić information content (AvgIpc) is 3.96. The third kappa shape index (κ3) is 20.4. The molecule has 0 radical (unpaired) electrons. The Bertz CT molecular complexity index is 2940. The molecule has 2 aromatic heterocycles. The zero-order chi connectivity index (χ0) is 61.5. The first-order valence-electron chi connectivity index (χ1n) is 28.7. The summed E-state index contributed by atoms with van der Waals surface area (Å²) in [4.78, 5) is 139. The molecular formula is C57H85N17O10. The molecule has 0 saturated carbocycles. The van der Waals surface area contributed by atoms with Crippen molar-refractivity contribution < 1.29 is 43.5 Å². The van der Waals surface area contributed by atoms with Gasteiger partial charge in [-0.05, 0) is 99.2 Å². The number of amides is 8. The first kappa shape index (κ1) is 66.2. The lowest BCUT2D eigenvalue weighted by Crippen LogP contribution is -2.59. The van der Waals surface area contributed by atoms with E-state index < -0.39 is 83.8 Å². The summed E-state index contributed by atoms with van der Waals surface area (Å²) in [6, 6.07) is 4.64. The van der Waals surface area contributed by atoms with Gasteiger partial charge in [0, 0.05) is 71.4 Å². The highest BCUT2D eigenvalue weighted by molar-refractivity contribution is 5.96. The Morgan fingerprint density at radius 3 is 2.06 bits per heavy atom. The summed E-state index contributed by atoms with van der Waals surface area (Å²) in [5, 5.41) is 39.6. The summed E-state index contributed by atoms with van der Waals surface area (Å²) in [7, 11) is 1.45. The summed E-state index contributed by atoms with van der Waals surface area (Å²) >= 11 is 0. The number of phenols is 1. The molecule has 0 unspecified atom stereocenters. The number of fused-ring (bicyclic) bond motifs is 1. The predicted octanol–water partition coefficient (Wildman–Crippen LogP) is -0.492. The highest BCUT2D eigenvalue weighted by Gasteiger charge is 2.34. The van der Waals surface area contributed by atoms with Crippen molar-refractivity contribution in [2.24, 2.45) is 23.3 Å². The highest BCUT2D eigenvalue weighted by Crippen LogP contribution is 2.22. The van der Waals surface area contributed by atoms with Gasteiger partial charge in [0.25, 0.3) is 5.56 Å². The molecule has 0 spiro atoms. The fourth-order valence-corrected chi connectivity index (χ4v) is 9.79. The molecular weight excluding hydrogens is 1080 g/mol. The van der Waals surface area contributed by atoms with Gasteiger partial charge >= 0.3 is 0 Å². The quantitative estimate of drug-likeness (QED) is 0.0172. The Hall–Kier alpha value is -8.62. The van der Waals surface area contributed by atoms with E-state index in [4.69, 9.17) is 16.9 Å². The van der Waals surface area contributed by atoms with Gasteiger partial charge in [-0.25, -0.2) is 9.97 Å². The molecule has 0 aliphatic carbocycles. The van der Waals surface area contributed by atoms with Crippen molar-refractivity contribution >= 4 is 69.8 Å². The van der Waals surface area contributed by atoms with Crippen molar-refractivity contribution in [1.29, 1.82) is 5.41 Å². The van der Waals surface area contributed by atoms with E-state index in [-0.39, 0.29) is 73.0 Å². The fourth-order valence-electron chi connectivity index (χ4n) is 9.79. The van der Waals surface area contributed by atoms with Crippen LogP contribution in [0.3, 0.4) is 0 Å². The summed E-state index contributed by atoms with van der Waals surface area (Å²) in [6.45, 7) is 10.6. The number of carbonyl (C=O) groups excluding carboxylic acids is 8. The van der Waals surface area contributed by atoms with E-state index in [1.54, 1.807) is 29.2 Å². The van der Waals surface area contributed by atoms with Crippen LogP contribution in [0.15, 0.2) is 66.1 Å². The summed E-state index contributed by atoms with van der Waals surface area (Å²) in [5.74, 6) is -4.99. The predicted molar refractivity (Wildman–Crippen MR) is 316 cm³/mol. The highest BCUT2D eigenvalue weighted by atomic mass is 16.3. The molecule has 0 bridgehead atoms. The molecule has 1 fully saturated rings. The molecule has 5 rings (SSSR count). The Morgan fingerprint density at radius 2 is 1.43 bits per heavy atom. The maximum Gasteiger partial charge on any atom is 0.261 e. The zero-order valence-corrected chi connectivity index (χ0v) is 48.9. The number of phenolic OH excluding ortho intramolecular Hbond substituents is 1. The van der Waals surface area contributed by atoms with Gasteiger partial charge < -0.3 is 73.9 Å². The van der Waals surface area contributed by atoms with Crippen molar-refractivity contribution in [3.05, 3.63) is 82.9 Å². The van der Waals surface area contributed by atoms with Gasteiger partial charge in [-0.1, -0.05) is 46.2 Å². The lowest BCUT2D eigenvalue weighted by Gasteiger charge is -2.30. The average molecular weight is 1170 g/mol. The molecule has 15 N–H and O–H groups in total. The van der Waals surface area contributed by atoms with E-state index >= 15 is 0 Å². The summed E-state index contributed by atoms with van der Waals surface area (Å²) < 4.78 is 1.11. The van der Waals surface area contributed by atoms with Gasteiger partial charge in [-0.15, -0.1) is 0 Å². The zero-order valence-electron chi connectivity index (χ0n) is 48.9. The second kappa shape index (κ2) is 32.9. The maximum atomic E-state index is 14.4. The Kier molecular flexibility index (Phi) is 25.9. The number of hydrogen-bond acceptors (Lipinski definition) is 15. The fraction of sp³-hybridized carbons (Fsp3) is 0.544. The molecule has 7 atom stereocenters. The number of H-pyrrole nitrogens is 1. The number of likely N-dealkylation sites (N-methyl/N-ethyl adjacent to an activating group) is 1. The van der Waals surface area contributed by atoms with E-state index in [1.165, 1.54) is 45.0 Å². The Labute approximate surface area is 488 Å². The Balaban J connectivity index is 1.34. The van der Waals surface area contributed by atoms with Crippen molar-refractivity contribution in [2.45, 2.75) is 142 Å². The van der Waals surface area contributed by atoms with Crippen molar-refractivity contribution in [3.63, 3.8) is 0 Å². The second-order valence-corrected chi connectivity index (χ2v) is 21.6. The number of imidazole rings is 1. The van der Waals surface area contributed by atoms with E-state index in [2.05, 4.69) is 57.5 Å². The number of benzene rings is 2. The van der Waals surface area contributed by atoms with E-state index in [1.807, 2.05) is 38.7 Å².